The second-order valence-corrected chi connectivity index (χ2v) is 10.4. The van der Waals surface area contributed by atoms with E-state index >= 15 is 0 Å². The lowest BCUT2D eigenvalue weighted by atomic mass is 9.98. The minimum atomic E-state index is -6.16. The molecule has 2 aliphatic heterocycles. The quantitative estimate of drug-likeness (QED) is 0.237. The summed E-state index contributed by atoms with van der Waals surface area (Å²) in [5.41, 5.74) is 5.48. The highest BCUT2D eigenvalue weighted by Crippen LogP contribution is 2.45. The van der Waals surface area contributed by atoms with Crippen LogP contribution in [-0.2, 0) is 9.84 Å². The largest absolute Gasteiger partial charge is 0.457 e. The van der Waals surface area contributed by atoms with E-state index in [1.165, 1.54) is 49.5 Å². The molecule has 8 nitrogen and oxygen atoms in total. The Morgan fingerprint density at radius 1 is 0.974 bits per heavy atom. The molecule has 2 aromatic carbocycles. The number of rotatable bonds is 6. The Morgan fingerprint density at radius 2 is 1.64 bits per heavy atom. The highest BCUT2D eigenvalue weighted by Gasteiger charge is 2.64. The molecule has 15 heteroatoms. The number of carbonyl (C=O) groups excluding carboxylic acids is 1. The number of carbonyl (C=O) groups is 1. The van der Waals surface area contributed by atoms with Gasteiger partial charge >= 0.3 is 12.4 Å². The summed E-state index contributed by atoms with van der Waals surface area (Å²) in [5.74, 6) is -1.01. The molecule has 0 saturated heterocycles. The van der Waals surface area contributed by atoms with Crippen molar-refractivity contribution in [1.82, 2.24) is 9.71 Å². The summed E-state index contributed by atoms with van der Waals surface area (Å²) < 4.78 is 112. The number of benzene rings is 2. The van der Waals surface area contributed by atoms with Crippen LogP contribution >= 0.6 is 0 Å². The van der Waals surface area contributed by atoms with Crippen LogP contribution in [0.5, 0.6) is 11.5 Å². The van der Waals surface area contributed by atoms with Crippen LogP contribution in [0.25, 0.3) is 22.5 Å². The number of hydrogen-bond acceptors (Lipinski definition) is 6. The van der Waals surface area contributed by atoms with Gasteiger partial charge in [-0.15, -0.1) is 0 Å². The Bertz CT molecular complexity index is 1630. The number of amides is 1. The number of nitrogens with two attached hydrogens (primary N) is 1. The van der Waals surface area contributed by atoms with Gasteiger partial charge in [0.15, 0.2) is 15.7 Å². The number of aromatic nitrogens is 2. The number of nitrogens with zero attached hydrogens (tertiary/aromatic N) is 2. The molecule has 0 unspecified atom stereocenters. The minimum absolute atomic E-state index is 0.00775. The van der Waals surface area contributed by atoms with Crippen molar-refractivity contribution in [3.05, 3.63) is 72.1 Å². The Hall–Kier alpha value is -4.27. The maximum atomic E-state index is 13.4. The topological polar surface area (TPSA) is 125 Å². The van der Waals surface area contributed by atoms with Crippen LogP contribution in [0.3, 0.4) is 0 Å². The summed E-state index contributed by atoms with van der Waals surface area (Å²) in [6.45, 7) is 1.43. The number of halogens is 6. The summed E-state index contributed by atoms with van der Waals surface area (Å²) >= 11 is 0. The van der Waals surface area contributed by atoms with Crippen molar-refractivity contribution in [2.45, 2.75) is 29.4 Å². The molecule has 0 atom stereocenters. The molecule has 39 heavy (non-hydrogen) atoms. The predicted octanol–water partition coefficient (Wildman–Crippen LogP) is 5.36. The standard InChI is InChI=1S/C24H17F6N3O5S/c1-12-9-17(16-7-8-32-21(16)33(12)35)18-11-15(39(36,37)22(23(25,26)27)24(28,29)30)5-6-19(18)38-14-4-2-3-13(10-14)20(31)34/h2-11,22,35H,1H3,(H2,31,34). The molecule has 0 radical (unpaired) electrons. The van der Waals surface area contributed by atoms with Crippen molar-refractivity contribution in [3.63, 3.8) is 0 Å². The third-order valence-corrected chi connectivity index (χ3v) is 7.74. The van der Waals surface area contributed by atoms with E-state index in [9.17, 15) is 44.8 Å². The van der Waals surface area contributed by atoms with Crippen LogP contribution in [0.1, 0.15) is 16.1 Å². The minimum Gasteiger partial charge on any atom is -0.457 e. The number of fused-ring (bicyclic) bond motifs is 1. The van der Waals surface area contributed by atoms with Gasteiger partial charge in [-0.05, 0) is 61.0 Å². The molecule has 0 saturated carbocycles. The molecule has 0 aliphatic carbocycles. The number of pyridine rings is 1. The van der Waals surface area contributed by atoms with E-state index in [1.807, 2.05) is 0 Å². The van der Waals surface area contributed by atoms with E-state index in [-0.39, 0.29) is 45.3 Å². The van der Waals surface area contributed by atoms with Crippen molar-refractivity contribution >= 4 is 15.7 Å². The van der Waals surface area contributed by atoms with Crippen LogP contribution in [0.4, 0.5) is 26.3 Å². The zero-order valence-electron chi connectivity index (χ0n) is 19.6. The average molecular weight is 573 g/mol. The number of aryl methyl sites for hydroxylation is 1. The molecular weight excluding hydrogens is 556 g/mol. The molecule has 1 amide bonds. The molecule has 0 aromatic heterocycles. The normalized spacial score (nSPS) is 12.7. The zero-order chi connectivity index (χ0) is 28.9. The lowest BCUT2D eigenvalue weighted by Gasteiger charge is -2.24. The number of primary amides is 1. The molecule has 0 fully saturated rings. The first-order valence-corrected chi connectivity index (χ1v) is 12.3. The van der Waals surface area contributed by atoms with E-state index < -0.39 is 38.2 Å². The molecule has 4 rings (SSSR count). The van der Waals surface area contributed by atoms with Gasteiger partial charge in [-0.3, -0.25) is 4.79 Å². The van der Waals surface area contributed by atoms with Crippen molar-refractivity contribution in [3.8, 4) is 34.0 Å². The summed E-state index contributed by atoms with van der Waals surface area (Å²) in [6.07, 6.45) is -11.0. The van der Waals surface area contributed by atoms with Crippen molar-refractivity contribution in [1.29, 1.82) is 0 Å². The van der Waals surface area contributed by atoms with Gasteiger partial charge in [0.25, 0.3) is 5.25 Å². The number of alkyl halides is 6. The van der Waals surface area contributed by atoms with Gasteiger partial charge in [0.05, 0.1) is 10.6 Å². The van der Waals surface area contributed by atoms with Gasteiger partial charge in [0.2, 0.25) is 5.91 Å². The van der Waals surface area contributed by atoms with Gasteiger partial charge in [-0.2, -0.15) is 31.1 Å². The number of ether oxygens (including phenoxy) is 1. The van der Waals surface area contributed by atoms with Crippen molar-refractivity contribution in [2.24, 2.45) is 5.73 Å². The number of sulfone groups is 1. The first-order chi connectivity index (χ1) is 18.0. The van der Waals surface area contributed by atoms with Gasteiger partial charge in [0.1, 0.15) is 11.5 Å². The Balaban J connectivity index is 1.97. The summed E-state index contributed by atoms with van der Waals surface area (Å²) in [6, 6.07) is 10.2. The molecule has 2 aliphatic rings. The second-order valence-electron chi connectivity index (χ2n) is 8.35. The smallest absolute Gasteiger partial charge is 0.414 e. The van der Waals surface area contributed by atoms with E-state index in [2.05, 4.69) is 4.98 Å². The van der Waals surface area contributed by atoms with E-state index in [0.717, 1.165) is 6.07 Å². The van der Waals surface area contributed by atoms with E-state index in [4.69, 9.17) is 10.5 Å². The fourth-order valence-electron chi connectivity index (χ4n) is 3.94. The monoisotopic (exact) mass is 573 g/mol. The maximum absolute atomic E-state index is 13.4. The Kier molecular flexibility index (Phi) is 6.75. The van der Waals surface area contributed by atoms with Crippen molar-refractivity contribution < 1.29 is 49.5 Å². The lowest BCUT2D eigenvalue weighted by molar-refractivity contribution is -0.226. The molecular formula is C24H17F6N3O5S. The van der Waals surface area contributed by atoms with Gasteiger partial charge in [-0.25, -0.2) is 13.4 Å². The first-order valence-electron chi connectivity index (χ1n) is 10.8. The van der Waals surface area contributed by atoms with Gasteiger partial charge < -0.3 is 15.7 Å². The van der Waals surface area contributed by atoms with Crippen LogP contribution in [0.15, 0.2) is 65.7 Å². The Morgan fingerprint density at radius 3 is 2.26 bits per heavy atom. The number of hydrogen-bond donors (Lipinski definition) is 2. The average Bonchev–Trinajstić information content (AvgIpc) is 3.30. The summed E-state index contributed by atoms with van der Waals surface area (Å²) in [7, 11) is -6.05. The molecule has 206 valence electrons. The fourth-order valence-corrected chi connectivity index (χ4v) is 5.46. The summed E-state index contributed by atoms with van der Waals surface area (Å²) in [4.78, 5) is 14.2. The SMILES string of the molecule is Cc1cc(-c2cc(S(=O)(=O)C(C(F)(F)F)C(F)(F)F)ccc2Oc2cccc(C(N)=O)c2)c2ccnc-2n1O. The predicted molar refractivity (Wildman–Crippen MR) is 124 cm³/mol. The molecule has 0 bridgehead atoms. The maximum Gasteiger partial charge on any atom is 0.414 e. The van der Waals surface area contributed by atoms with Gasteiger partial charge in [0, 0.05) is 22.9 Å². The molecule has 2 heterocycles. The highest BCUT2D eigenvalue weighted by molar-refractivity contribution is 7.92. The molecule has 2 aromatic rings. The lowest BCUT2D eigenvalue weighted by Crippen LogP contribution is -2.48. The second kappa shape index (κ2) is 9.48. The van der Waals surface area contributed by atoms with Gasteiger partial charge in [-0.1, -0.05) is 6.07 Å². The first kappa shape index (κ1) is 27.8. The van der Waals surface area contributed by atoms with E-state index in [1.54, 1.807) is 0 Å². The van der Waals surface area contributed by atoms with Crippen LogP contribution in [0.2, 0.25) is 0 Å². The summed E-state index contributed by atoms with van der Waals surface area (Å²) in [5, 5.41) is 5.60. The van der Waals surface area contributed by atoms with Crippen molar-refractivity contribution in [2.75, 3.05) is 0 Å². The van der Waals surface area contributed by atoms with Crippen LogP contribution < -0.4 is 10.5 Å². The zero-order valence-corrected chi connectivity index (χ0v) is 20.4. The van der Waals surface area contributed by atoms with E-state index in [0.29, 0.717) is 16.9 Å². The third-order valence-electron chi connectivity index (χ3n) is 5.68. The van der Waals surface area contributed by atoms with Crippen LogP contribution in [-0.4, -0.2) is 46.8 Å². The van der Waals surface area contributed by atoms with Crippen LogP contribution in [0, 0.1) is 6.92 Å². The molecule has 0 spiro atoms. The fraction of sp³-hybridized carbons (Fsp3) is 0.167. The highest BCUT2D eigenvalue weighted by atomic mass is 32.2. The molecule has 3 N–H and O–H groups in total. The third kappa shape index (κ3) is 5.21. The Labute approximate surface area is 216 Å².